The van der Waals surface area contributed by atoms with E-state index < -0.39 is 23.1 Å². The topological polar surface area (TPSA) is 49.8 Å². The van der Waals surface area contributed by atoms with Crippen LogP contribution < -0.4 is 0 Å². The van der Waals surface area contributed by atoms with Crippen molar-refractivity contribution in [2.75, 3.05) is 13.1 Å². The number of nitrogens with zero attached hydrogens (tertiary/aromatic N) is 1. The molecule has 1 amide bonds. The molecule has 0 radical (unpaired) electrons. The highest BCUT2D eigenvalue weighted by atomic mass is 35.5. The fourth-order valence-electron chi connectivity index (χ4n) is 2.07. The fourth-order valence-corrected chi connectivity index (χ4v) is 2.24. The zero-order valence-electron chi connectivity index (χ0n) is 11.6. The highest BCUT2D eigenvalue weighted by Crippen LogP contribution is 2.35. The first-order valence-corrected chi connectivity index (χ1v) is 6.64. The van der Waals surface area contributed by atoms with E-state index >= 15 is 0 Å². The van der Waals surface area contributed by atoms with Crippen LogP contribution in [0.25, 0.3) is 0 Å². The Morgan fingerprint density at radius 3 is 2.60 bits per heavy atom. The van der Waals surface area contributed by atoms with Crippen LogP contribution in [-0.4, -0.2) is 34.8 Å². The molecule has 6 heteroatoms. The first-order chi connectivity index (χ1) is 9.11. The van der Waals surface area contributed by atoms with Crippen molar-refractivity contribution in [3.05, 3.63) is 34.6 Å². The average Bonchev–Trinajstić information content (AvgIpc) is 2.25. The summed E-state index contributed by atoms with van der Waals surface area (Å²) in [5, 5.41) is 10.7. The summed E-state index contributed by atoms with van der Waals surface area (Å²) in [7, 11) is 0. The maximum Gasteiger partial charge on any atom is 0.410 e. The van der Waals surface area contributed by atoms with Crippen molar-refractivity contribution >= 4 is 17.7 Å². The molecule has 0 aliphatic carbocycles. The summed E-state index contributed by atoms with van der Waals surface area (Å²) in [6, 6.07) is 3.99. The van der Waals surface area contributed by atoms with Gasteiger partial charge in [-0.1, -0.05) is 11.6 Å². The molecule has 1 aromatic carbocycles. The van der Waals surface area contributed by atoms with Gasteiger partial charge in [0.2, 0.25) is 0 Å². The van der Waals surface area contributed by atoms with Gasteiger partial charge in [0.1, 0.15) is 17.0 Å². The zero-order valence-corrected chi connectivity index (χ0v) is 12.4. The van der Waals surface area contributed by atoms with E-state index in [1.807, 2.05) is 0 Å². The lowest BCUT2D eigenvalue weighted by molar-refractivity contribution is -0.105. The molecule has 1 aliphatic rings. The maximum atomic E-state index is 13.7. The predicted octanol–water partition coefficient (Wildman–Crippen LogP) is 2.92. The quantitative estimate of drug-likeness (QED) is 0.867. The van der Waals surface area contributed by atoms with E-state index in [-0.39, 0.29) is 18.7 Å². The third-order valence-corrected chi connectivity index (χ3v) is 3.22. The van der Waals surface area contributed by atoms with Gasteiger partial charge in [0.25, 0.3) is 0 Å². The van der Waals surface area contributed by atoms with Crippen LogP contribution in [0.3, 0.4) is 0 Å². The van der Waals surface area contributed by atoms with Crippen molar-refractivity contribution in [3.63, 3.8) is 0 Å². The number of carbonyl (C=O) groups is 1. The minimum absolute atomic E-state index is 0.0147. The van der Waals surface area contributed by atoms with Crippen LogP contribution in [-0.2, 0) is 10.3 Å². The van der Waals surface area contributed by atoms with Gasteiger partial charge < -0.3 is 14.7 Å². The van der Waals surface area contributed by atoms with Crippen LogP contribution in [0, 0.1) is 5.82 Å². The SMILES string of the molecule is CC(C)(C)OC(=O)N1CC(O)(c2cc(Cl)ccc2F)C1. The zero-order chi connectivity index (χ0) is 15.1. The van der Waals surface area contributed by atoms with Crippen molar-refractivity contribution in [1.82, 2.24) is 4.90 Å². The molecule has 1 aromatic rings. The van der Waals surface area contributed by atoms with Crippen molar-refractivity contribution in [3.8, 4) is 0 Å². The number of halogens is 2. The first kappa shape index (κ1) is 15.1. The van der Waals surface area contributed by atoms with Crippen LogP contribution in [0.5, 0.6) is 0 Å². The lowest BCUT2D eigenvalue weighted by atomic mass is 9.86. The predicted molar refractivity (Wildman–Crippen MR) is 73.1 cm³/mol. The standard InChI is InChI=1S/C14H17ClFNO3/c1-13(2,3)20-12(18)17-7-14(19,8-17)10-6-9(15)4-5-11(10)16/h4-6,19H,7-8H2,1-3H3. The molecule has 1 aliphatic heterocycles. The Hall–Kier alpha value is -1.33. The third-order valence-electron chi connectivity index (χ3n) is 2.99. The molecule has 0 spiro atoms. The van der Waals surface area contributed by atoms with E-state index in [4.69, 9.17) is 16.3 Å². The Kier molecular flexibility index (Phi) is 3.69. The first-order valence-electron chi connectivity index (χ1n) is 6.27. The van der Waals surface area contributed by atoms with Crippen molar-refractivity contribution in [1.29, 1.82) is 0 Å². The highest BCUT2D eigenvalue weighted by molar-refractivity contribution is 6.30. The van der Waals surface area contributed by atoms with Gasteiger partial charge in [-0.15, -0.1) is 0 Å². The monoisotopic (exact) mass is 301 g/mol. The number of aliphatic hydroxyl groups is 1. The van der Waals surface area contributed by atoms with Gasteiger partial charge in [-0.2, -0.15) is 0 Å². The number of β-amino-alcohol motifs (C(OH)–C–C–N with tert-alkyl or cyclic N) is 1. The average molecular weight is 302 g/mol. The van der Waals surface area contributed by atoms with Crippen LogP contribution in [0.15, 0.2) is 18.2 Å². The van der Waals surface area contributed by atoms with Crippen molar-refractivity contribution in [2.45, 2.75) is 32.0 Å². The molecular weight excluding hydrogens is 285 g/mol. The van der Waals surface area contributed by atoms with E-state index in [1.165, 1.54) is 23.1 Å². The summed E-state index contributed by atoms with van der Waals surface area (Å²) >= 11 is 5.81. The number of rotatable bonds is 1. The largest absolute Gasteiger partial charge is 0.444 e. The van der Waals surface area contributed by atoms with E-state index in [2.05, 4.69) is 0 Å². The summed E-state index contributed by atoms with van der Waals surface area (Å²) < 4.78 is 18.9. The van der Waals surface area contributed by atoms with Crippen molar-refractivity contribution in [2.24, 2.45) is 0 Å². The lowest BCUT2D eigenvalue weighted by Gasteiger charge is -2.46. The van der Waals surface area contributed by atoms with E-state index in [1.54, 1.807) is 20.8 Å². The number of hydrogen-bond acceptors (Lipinski definition) is 3. The second kappa shape index (κ2) is 4.90. The third kappa shape index (κ3) is 3.04. The van der Waals surface area contributed by atoms with E-state index in [9.17, 15) is 14.3 Å². The molecule has 0 bridgehead atoms. The molecule has 0 saturated carbocycles. The summed E-state index contributed by atoms with van der Waals surface area (Å²) in [6.07, 6.45) is -0.524. The molecule has 20 heavy (non-hydrogen) atoms. The Bertz CT molecular complexity index is 536. The second-order valence-corrected chi connectivity index (χ2v) is 6.43. The summed E-state index contributed by atoms with van der Waals surface area (Å²) in [5.41, 5.74) is -1.91. The summed E-state index contributed by atoms with van der Waals surface area (Å²) in [6.45, 7) is 5.24. The number of likely N-dealkylation sites (tertiary alicyclic amines) is 1. The Balaban J connectivity index is 2.07. The van der Waals surface area contributed by atoms with E-state index in [0.29, 0.717) is 5.02 Å². The maximum absolute atomic E-state index is 13.7. The van der Waals surface area contributed by atoms with Gasteiger partial charge in [-0.25, -0.2) is 9.18 Å². The lowest BCUT2D eigenvalue weighted by Crippen LogP contribution is -2.62. The van der Waals surface area contributed by atoms with Crippen LogP contribution in [0.4, 0.5) is 9.18 Å². The summed E-state index contributed by atoms with van der Waals surface area (Å²) in [4.78, 5) is 13.1. The molecule has 1 fully saturated rings. The molecular formula is C14H17ClFNO3. The summed E-state index contributed by atoms with van der Waals surface area (Å²) in [5.74, 6) is -0.541. The molecule has 1 saturated heterocycles. The fraction of sp³-hybridized carbons (Fsp3) is 0.500. The molecule has 1 N–H and O–H groups in total. The molecule has 0 unspecified atom stereocenters. The Labute approximate surface area is 122 Å². The van der Waals surface area contributed by atoms with Gasteiger partial charge in [-0.3, -0.25) is 0 Å². The Morgan fingerprint density at radius 1 is 1.45 bits per heavy atom. The van der Waals surface area contributed by atoms with Crippen LogP contribution >= 0.6 is 11.6 Å². The van der Waals surface area contributed by atoms with Gasteiger partial charge in [-0.05, 0) is 39.0 Å². The molecule has 1 heterocycles. The number of hydrogen-bond donors (Lipinski definition) is 1. The minimum Gasteiger partial charge on any atom is -0.444 e. The molecule has 4 nitrogen and oxygen atoms in total. The normalized spacial score (nSPS) is 17.6. The van der Waals surface area contributed by atoms with Crippen LogP contribution in [0.1, 0.15) is 26.3 Å². The number of carbonyl (C=O) groups excluding carboxylic acids is 1. The minimum atomic E-state index is -1.41. The Morgan fingerprint density at radius 2 is 2.05 bits per heavy atom. The molecule has 2 rings (SSSR count). The highest BCUT2D eigenvalue weighted by Gasteiger charge is 2.47. The number of amides is 1. The van der Waals surface area contributed by atoms with Gasteiger partial charge in [0, 0.05) is 10.6 Å². The molecule has 0 aromatic heterocycles. The van der Waals surface area contributed by atoms with E-state index in [0.717, 1.165) is 0 Å². The number of benzene rings is 1. The van der Waals surface area contributed by atoms with Gasteiger partial charge in [0.15, 0.2) is 0 Å². The van der Waals surface area contributed by atoms with Crippen LogP contribution in [0.2, 0.25) is 5.02 Å². The smallest absolute Gasteiger partial charge is 0.410 e. The van der Waals surface area contributed by atoms with Gasteiger partial charge >= 0.3 is 6.09 Å². The number of ether oxygens (including phenoxy) is 1. The van der Waals surface area contributed by atoms with Gasteiger partial charge in [0.05, 0.1) is 13.1 Å². The second-order valence-electron chi connectivity index (χ2n) is 5.99. The van der Waals surface area contributed by atoms with Crippen molar-refractivity contribution < 1.29 is 19.0 Å². The molecule has 0 atom stereocenters. The molecule has 110 valence electrons.